The van der Waals surface area contributed by atoms with Gasteiger partial charge in [-0.05, 0) is 91.9 Å². The zero-order valence-electron chi connectivity index (χ0n) is 17.9. The summed E-state index contributed by atoms with van der Waals surface area (Å²) in [7, 11) is 1.70. The van der Waals surface area contributed by atoms with Crippen molar-refractivity contribution < 1.29 is 9.72 Å². The Hall–Kier alpha value is -2.40. The molecule has 0 unspecified atom stereocenters. The average Bonchev–Trinajstić information content (AvgIpc) is 2.72. The Morgan fingerprint density at radius 3 is 2.23 bits per heavy atom. The molecule has 0 atom stereocenters. The van der Waals surface area contributed by atoms with Crippen LogP contribution >= 0.6 is 11.6 Å². The fourth-order valence-corrected chi connectivity index (χ4v) is 7.11. The van der Waals surface area contributed by atoms with Crippen LogP contribution in [0.1, 0.15) is 60.0 Å². The number of carbonyl (C=O) groups excluding carboxylic acids is 1. The first-order chi connectivity index (χ1) is 14.8. The molecule has 4 saturated carbocycles. The van der Waals surface area contributed by atoms with Crippen LogP contribution in [-0.4, -0.2) is 17.9 Å². The first-order valence-electron chi connectivity index (χ1n) is 11.1. The molecule has 4 aliphatic rings. The quantitative estimate of drug-likeness (QED) is 0.415. The number of nitrogens with zero attached hydrogens (tertiary/aromatic N) is 2. The van der Waals surface area contributed by atoms with E-state index in [0.29, 0.717) is 5.41 Å². The van der Waals surface area contributed by atoms with Crippen LogP contribution in [-0.2, 0) is 5.41 Å². The summed E-state index contributed by atoms with van der Waals surface area (Å²) in [5.74, 6) is 2.30. The zero-order chi connectivity index (χ0) is 21.9. The minimum atomic E-state index is -0.515. The van der Waals surface area contributed by atoms with Gasteiger partial charge in [0.1, 0.15) is 0 Å². The largest absolute Gasteiger partial charge is 0.311 e. The van der Waals surface area contributed by atoms with E-state index in [1.54, 1.807) is 11.9 Å². The van der Waals surface area contributed by atoms with Crippen LogP contribution in [0, 0.1) is 34.8 Å². The number of amides is 1. The Morgan fingerprint density at radius 1 is 1.06 bits per heavy atom. The number of hydrogen-bond donors (Lipinski definition) is 0. The highest BCUT2D eigenvalue weighted by Crippen LogP contribution is 2.60. The Kier molecular flexibility index (Phi) is 4.85. The molecule has 2 aromatic carbocycles. The molecular weight excluding hydrogens is 412 g/mol. The number of rotatable bonds is 4. The Bertz CT molecular complexity index is 1050. The van der Waals surface area contributed by atoms with Crippen molar-refractivity contribution in [3.63, 3.8) is 0 Å². The van der Waals surface area contributed by atoms with E-state index in [2.05, 4.69) is 12.1 Å². The number of hydrogen-bond acceptors (Lipinski definition) is 3. The highest BCUT2D eigenvalue weighted by molar-refractivity contribution is 6.34. The second-order valence-electron chi connectivity index (χ2n) is 9.98. The van der Waals surface area contributed by atoms with Crippen LogP contribution in [0.25, 0.3) is 0 Å². The third-order valence-electron chi connectivity index (χ3n) is 7.90. The first-order valence-corrected chi connectivity index (χ1v) is 11.5. The lowest BCUT2D eigenvalue weighted by Gasteiger charge is -2.57. The molecule has 0 radical (unpaired) electrons. The number of non-ortho nitro benzene ring substituents is 1. The number of halogens is 1. The van der Waals surface area contributed by atoms with E-state index in [1.165, 1.54) is 62.3 Å². The molecule has 6 heteroatoms. The third-order valence-corrected chi connectivity index (χ3v) is 8.23. The van der Waals surface area contributed by atoms with E-state index in [4.69, 9.17) is 11.6 Å². The molecule has 162 valence electrons. The molecule has 4 bridgehead atoms. The van der Waals surface area contributed by atoms with Crippen molar-refractivity contribution in [2.24, 2.45) is 17.8 Å². The van der Waals surface area contributed by atoms with Crippen LogP contribution < -0.4 is 4.90 Å². The van der Waals surface area contributed by atoms with Gasteiger partial charge >= 0.3 is 0 Å². The average molecular weight is 439 g/mol. The van der Waals surface area contributed by atoms with Gasteiger partial charge in [0.05, 0.1) is 15.5 Å². The summed E-state index contributed by atoms with van der Waals surface area (Å²) in [4.78, 5) is 25.3. The highest BCUT2D eigenvalue weighted by Gasteiger charge is 2.51. The van der Waals surface area contributed by atoms with Crippen LogP contribution in [0.5, 0.6) is 0 Å². The topological polar surface area (TPSA) is 63.5 Å². The second kappa shape index (κ2) is 7.33. The first kappa shape index (κ1) is 20.5. The van der Waals surface area contributed by atoms with Gasteiger partial charge in [0, 0.05) is 24.9 Å². The maximum atomic E-state index is 13.1. The van der Waals surface area contributed by atoms with E-state index in [0.717, 1.165) is 29.0 Å². The number of nitro benzene ring substituents is 1. The van der Waals surface area contributed by atoms with Crippen molar-refractivity contribution in [1.82, 2.24) is 0 Å². The SMILES string of the molecule is Cc1cc(C23CC4CC(CC(C4)C2)C3)ccc1N(C)C(=O)c1cc([N+](=O)[O-])ccc1Cl. The predicted molar refractivity (Wildman–Crippen MR) is 122 cm³/mol. The lowest BCUT2D eigenvalue weighted by atomic mass is 9.48. The normalized spacial score (nSPS) is 28.5. The van der Waals surface area contributed by atoms with Crippen LogP contribution in [0.2, 0.25) is 5.02 Å². The maximum absolute atomic E-state index is 13.1. The van der Waals surface area contributed by atoms with Crippen molar-refractivity contribution in [2.45, 2.75) is 50.9 Å². The summed E-state index contributed by atoms with van der Waals surface area (Å²) >= 11 is 6.20. The molecule has 0 heterocycles. The summed E-state index contributed by atoms with van der Waals surface area (Å²) in [5.41, 5.74) is 3.58. The van der Waals surface area contributed by atoms with Gasteiger partial charge in [0.15, 0.2) is 0 Å². The van der Waals surface area contributed by atoms with Crippen molar-refractivity contribution in [3.05, 3.63) is 68.2 Å². The van der Waals surface area contributed by atoms with Gasteiger partial charge in [-0.15, -0.1) is 0 Å². The fourth-order valence-electron chi connectivity index (χ4n) is 6.91. The summed E-state index contributed by atoms with van der Waals surface area (Å²) in [6, 6.07) is 10.5. The van der Waals surface area contributed by atoms with Gasteiger partial charge in [0.25, 0.3) is 11.6 Å². The molecule has 31 heavy (non-hydrogen) atoms. The molecule has 0 N–H and O–H groups in total. The Morgan fingerprint density at radius 2 is 1.68 bits per heavy atom. The molecule has 6 rings (SSSR count). The van der Waals surface area contributed by atoms with Gasteiger partial charge in [-0.25, -0.2) is 0 Å². The van der Waals surface area contributed by atoms with Crippen molar-refractivity contribution in [2.75, 3.05) is 11.9 Å². The van der Waals surface area contributed by atoms with Crippen molar-refractivity contribution in [3.8, 4) is 0 Å². The molecule has 5 nitrogen and oxygen atoms in total. The number of benzene rings is 2. The molecule has 0 spiro atoms. The maximum Gasteiger partial charge on any atom is 0.270 e. The van der Waals surface area contributed by atoms with Gasteiger partial charge in [-0.1, -0.05) is 23.7 Å². The smallest absolute Gasteiger partial charge is 0.270 e. The molecule has 4 aliphatic carbocycles. The predicted octanol–water partition coefficient (Wildman–Crippen LogP) is 6.30. The minimum Gasteiger partial charge on any atom is -0.311 e. The molecule has 4 fully saturated rings. The number of nitro groups is 1. The van der Waals surface area contributed by atoms with E-state index >= 15 is 0 Å². The van der Waals surface area contributed by atoms with Gasteiger partial charge < -0.3 is 4.90 Å². The summed E-state index contributed by atoms with van der Waals surface area (Å²) in [6.45, 7) is 2.04. The summed E-state index contributed by atoms with van der Waals surface area (Å²) < 4.78 is 0. The summed E-state index contributed by atoms with van der Waals surface area (Å²) in [5, 5.41) is 11.3. The standard InChI is InChI=1S/C25H27ClN2O3/c1-15-7-19(25-12-16-8-17(13-25)10-18(9-16)14-25)3-6-23(15)27(2)24(29)21-11-20(28(30)31)4-5-22(21)26/h3-7,11,16-18H,8-10,12-14H2,1-2H3. The third kappa shape index (κ3) is 3.43. The molecule has 0 aliphatic heterocycles. The van der Waals surface area contributed by atoms with Crippen molar-refractivity contribution >= 4 is 28.9 Å². The Labute approximate surface area is 187 Å². The zero-order valence-corrected chi connectivity index (χ0v) is 18.7. The molecule has 2 aromatic rings. The van der Waals surface area contributed by atoms with Crippen LogP contribution in [0.3, 0.4) is 0 Å². The number of carbonyl (C=O) groups is 1. The summed E-state index contributed by atoms with van der Waals surface area (Å²) in [6.07, 6.45) is 8.15. The lowest BCUT2D eigenvalue weighted by Crippen LogP contribution is -2.48. The molecule has 0 saturated heterocycles. The van der Waals surface area contributed by atoms with E-state index < -0.39 is 4.92 Å². The number of anilines is 1. The van der Waals surface area contributed by atoms with Gasteiger partial charge in [0.2, 0.25) is 0 Å². The van der Waals surface area contributed by atoms with Crippen LogP contribution in [0.15, 0.2) is 36.4 Å². The highest BCUT2D eigenvalue weighted by atomic mass is 35.5. The van der Waals surface area contributed by atoms with Crippen LogP contribution in [0.4, 0.5) is 11.4 Å². The monoisotopic (exact) mass is 438 g/mol. The van der Waals surface area contributed by atoms with Gasteiger partial charge in [-0.2, -0.15) is 0 Å². The van der Waals surface area contributed by atoms with Gasteiger partial charge in [-0.3, -0.25) is 14.9 Å². The second-order valence-corrected chi connectivity index (χ2v) is 10.4. The fraction of sp³-hybridized carbons (Fsp3) is 0.480. The molecule has 1 amide bonds. The number of aryl methyl sites for hydroxylation is 1. The Balaban J connectivity index is 1.44. The van der Waals surface area contributed by atoms with E-state index in [1.807, 2.05) is 13.0 Å². The van der Waals surface area contributed by atoms with Crippen molar-refractivity contribution in [1.29, 1.82) is 0 Å². The minimum absolute atomic E-state index is 0.142. The molecule has 0 aromatic heterocycles. The molecular formula is C25H27ClN2O3. The lowest BCUT2D eigenvalue weighted by molar-refractivity contribution is -0.384. The van der Waals surface area contributed by atoms with E-state index in [9.17, 15) is 14.9 Å². The van der Waals surface area contributed by atoms with E-state index in [-0.39, 0.29) is 22.2 Å².